The van der Waals surface area contributed by atoms with Gasteiger partial charge in [-0.25, -0.2) is 4.68 Å². The van der Waals surface area contributed by atoms with Gasteiger partial charge in [-0.15, -0.1) is 5.10 Å². The van der Waals surface area contributed by atoms with Gasteiger partial charge in [0.15, 0.2) is 0 Å². The van der Waals surface area contributed by atoms with Gasteiger partial charge in [0.1, 0.15) is 5.52 Å². The number of aromatic nitrogens is 3. The van der Waals surface area contributed by atoms with Crippen LogP contribution in [-0.2, 0) is 6.42 Å². The summed E-state index contributed by atoms with van der Waals surface area (Å²) < 4.78 is 1.87. The molecule has 0 amide bonds. The van der Waals surface area contributed by atoms with Gasteiger partial charge in [0.2, 0.25) is 0 Å². The van der Waals surface area contributed by atoms with E-state index in [0.29, 0.717) is 0 Å². The fourth-order valence-electron chi connectivity index (χ4n) is 2.45. The third kappa shape index (κ3) is 2.30. The molecule has 0 saturated heterocycles. The number of hydrogen-bond acceptors (Lipinski definition) is 3. The fraction of sp³-hybridized carbons (Fsp3) is 0.250. The van der Waals surface area contributed by atoms with Gasteiger partial charge in [-0.05, 0) is 55.7 Å². The molecule has 0 saturated carbocycles. The number of rotatable bonds is 3. The minimum Gasteiger partial charge on any atom is -0.328 e. The molecule has 1 unspecified atom stereocenters. The first-order valence-corrected chi connectivity index (χ1v) is 6.81. The van der Waals surface area contributed by atoms with Crippen molar-refractivity contribution >= 4 is 11.0 Å². The summed E-state index contributed by atoms with van der Waals surface area (Å²) in [5.74, 6) is 0. The van der Waals surface area contributed by atoms with Crippen LogP contribution in [-0.4, -0.2) is 21.0 Å². The zero-order valence-electron chi connectivity index (χ0n) is 11.7. The van der Waals surface area contributed by atoms with Crippen LogP contribution in [0.3, 0.4) is 0 Å². The van der Waals surface area contributed by atoms with Gasteiger partial charge in [-0.2, -0.15) is 0 Å². The van der Waals surface area contributed by atoms with Crippen LogP contribution in [0.4, 0.5) is 0 Å². The molecule has 2 N–H and O–H groups in total. The lowest BCUT2D eigenvalue weighted by Crippen LogP contribution is -2.18. The Morgan fingerprint density at radius 3 is 2.75 bits per heavy atom. The molecule has 0 aliphatic carbocycles. The molecular weight excluding hydrogens is 248 g/mol. The summed E-state index contributed by atoms with van der Waals surface area (Å²) in [6.45, 7) is 4.14. The van der Waals surface area contributed by atoms with Crippen LogP contribution in [0.25, 0.3) is 16.7 Å². The third-order valence-electron chi connectivity index (χ3n) is 3.46. The summed E-state index contributed by atoms with van der Waals surface area (Å²) in [5.41, 5.74) is 11.4. The largest absolute Gasteiger partial charge is 0.328 e. The highest BCUT2D eigenvalue weighted by molar-refractivity contribution is 5.75. The van der Waals surface area contributed by atoms with Gasteiger partial charge in [0.05, 0.1) is 11.2 Å². The highest BCUT2D eigenvalue weighted by Crippen LogP contribution is 2.19. The smallest absolute Gasteiger partial charge is 0.113 e. The van der Waals surface area contributed by atoms with Crippen LogP contribution in [0, 0.1) is 6.92 Å². The summed E-state index contributed by atoms with van der Waals surface area (Å²) in [7, 11) is 0. The Labute approximate surface area is 118 Å². The second kappa shape index (κ2) is 5.06. The van der Waals surface area contributed by atoms with E-state index in [1.165, 1.54) is 11.1 Å². The number of fused-ring (bicyclic) bond motifs is 1. The molecule has 4 heteroatoms. The Balaban J connectivity index is 2.04. The van der Waals surface area contributed by atoms with Crippen molar-refractivity contribution in [2.45, 2.75) is 26.3 Å². The Morgan fingerprint density at radius 2 is 2.00 bits per heavy atom. The van der Waals surface area contributed by atoms with E-state index in [1.807, 2.05) is 35.9 Å². The summed E-state index contributed by atoms with van der Waals surface area (Å²) in [6.07, 6.45) is 0.893. The SMILES string of the molecule is Cc1cc(-n2nnc3ccccc32)ccc1CC(C)N. The van der Waals surface area contributed by atoms with Crippen molar-refractivity contribution in [2.75, 3.05) is 0 Å². The van der Waals surface area contributed by atoms with Gasteiger partial charge in [0.25, 0.3) is 0 Å². The molecule has 1 heterocycles. The summed E-state index contributed by atoms with van der Waals surface area (Å²) >= 11 is 0. The van der Waals surface area contributed by atoms with E-state index in [4.69, 9.17) is 5.73 Å². The van der Waals surface area contributed by atoms with E-state index >= 15 is 0 Å². The van der Waals surface area contributed by atoms with Gasteiger partial charge in [-0.1, -0.05) is 23.4 Å². The molecule has 1 aromatic heterocycles. The van der Waals surface area contributed by atoms with Crippen molar-refractivity contribution in [1.82, 2.24) is 15.0 Å². The average molecular weight is 266 g/mol. The molecule has 20 heavy (non-hydrogen) atoms. The van der Waals surface area contributed by atoms with Gasteiger partial charge >= 0.3 is 0 Å². The zero-order valence-corrected chi connectivity index (χ0v) is 11.7. The Bertz CT molecular complexity index is 743. The van der Waals surface area contributed by atoms with Crippen molar-refractivity contribution < 1.29 is 0 Å². The predicted molar refractivity (Wildman–Crippen MR) is 81.0 cm³/mol. The Kier molecular flexibility index (Phi) is 3.24. The van der Waals surface area contributed by atoms with Crippen LogP contribution in [0.5, 0.6) is 0 Å². The van der Waals surface area contributed by atoms with Crippen molar-refractivity contribution in [3.63, 3.8) is 0 Å². The standard InChI is InChI=1S/C16H18N4/c1-11-9-14(8-7-13(11)10-12(2)17)20-16-6-4-3-5-15(16)18-19-20/h3-9,12H,10,17H2,1-2H3. The normalized spacial score (nSPS) is 12.8. The van der Waals surface area contributed by atoms with Crippen molar-refractivity contribution in [2.24, 2.45) is 5.73 Å². The van der Waals surface area contributed by atoms with Crippen LogP contribution >= 0.6 is 0 Å². The number of nitrogens with zero attached hydrogens (tertiary/aromatic N) is 3. The van der Waals surface area contributed by atoms with Crippen LogP contribution < -0.4 is 5.73 Å². The number of para-hydroxylation sites is 1. The van der Waals surface area contributed by atoms with E-state index in [1.54, 1.807) is 0 Å². The van der Waals surface area contributed by atoms with Crippen LogP contribution in [0.1, 0.15) is 18.1 Å². The Hall–Kier alpha value is -2.20. The van der Waals surface area contributed by atoms with Crippen LogP contribution in [0.2, 0.25) is 0 Å². The molecule has 4 nitrogen and oxygen atoms in total. The van der Waals surface area contributed by atoms with Crippen molar-refractivity contribution in [1.29, 1.82) is 0 Å². The zero-order chi connectivity index (χ0) is 14.1. The second-order valence-corrected chi connectivity index (χ2v) is 5.28. The maximum absolute atomic E-state index is 5.87. The quantitative estimate of drug-likeness (QED) is 0.792. The average Bonchev–Trinajstić information content (AvgIpc) is 2.84. The molecule has 2 aromatic carbocycles. The fourth-order valence-corrected chi connectivity index (χ4v) is 2.45. The molecule has 0 spiro atoms. The Morgan fingerprint density at radius 1 is 1.20 bits per heavy atom. The molecular formula is C16H18N4. The van der Waals surface area contributed by atoms with E-state index < -0.39 is 0 Å². The van der Waals surface area contributed by atoms with Crippen LogP contribution in [0.15, 0.2) is 42.5 Å². The van der Waals surface area contributed by atoms with Crippen molar-refractivity contribution in [3.05, 3.63) is 53.6 Å². The molecule has 1 atom stereocenters. The molecule has 102 valence electrons. The minimum absolute atomic E-state index is 0.173. The number of benzene rings is 2. The highest BCUT2D eigenvalue weighted by atomic mass is 15.4. The maximum Gasteiger partial charge on any atom is 0.113 e. The number of aryl methyl sites for hydroxylation is 1. The topological polar surface area (TPSA) is 56.7 Å². The minimum atomic E-state index is 0.173. The molecule has 0 fully saturated rings. The first kappa shape index (κ1) is 12.8. The lowest BCUT2D eigenvalue weighted by molar-refractivity contribution is 0.734. The summed E-state index contributed by atoms with van der Waals surface area (Å²) in [4.78, 5) is 0. The third-order valence-corrected chi connectivity index (χ3v) is 3.46. The molecule has 0 bridgehead atoms. The molecule has 3 aromatic rings. The molecule has 0 radical (unpaired) electrons. The first-order valence-electron chi connectivity index (χ1n) is 6.81. The van der Waals surface area contributed by atoms with E-state index in [9.17, 15) is 0 Å². The lowest BCUT2D eigenvalue weighted by atomic mass is 10.0. The van der Waals surface area contributed by atoms with Crippen molar-refractivity contribution in [3.8, 4) is 5.69 Å². The first-order chi connectivity index (χ1) is 9.65. The number of hydrogen-bond donors (Lipinski definition) is 1. The summed E-state index contributed by atoms with van der Waals surface area (Å²) in [5, 5.41) is 8.43. The maximum atomic E-state index is 5.87. The van der Waals surface area contributed by atoms with E-state index in [0.717, 1.165) is 23.1 Å². The van der Waals surface area contributed by atoms with Gasteiger partial charge < -0.3 is 5.73 Å². The van der Waals surface area contributed by atoms with Gasteiger partial charge in [-0.3, -0.25) is 0 Å². The van der Waals surface area contributed by atoms with E-state index in [-0.39, 0.29) is 6.04 Å². The molecule has 3 rings (SSSR count). The van der Waals surface area contributed by atoms with Gasteiger partial charge in [0, 0.05) is 6.04 Å². The summed E-state index contributed by atoms with van der Waals surface area (Å²) in [6, 6.07) is 14.5. The van der Waals surface area contributed by atoms with E-state index in [2.05, 4.69) is 35.4 Å². The highest BCUT2D eigenvalue weighted by Gasteiger charge is 2.08. The molecule has 0 aliphatic heterocycles. The predicted octanol–water partition coefficient (Wildman–Crippen LogP) is 2.62. The molecule has 0 aliphatic rings. The monoisotopic (exact) mass is 266 g/mol. The lowest BCUT2D eigenvalue weighted by Gasteiger charge is -2.11. The number of nitrogens with two attached hydrogens (primary N) is 1. The second-order valence-electron chi connectivity index (χ2n) is 5.28.